The van der Waals surface area contributed by atoms with E-state index in [1.165, 1.54) is 54.0 Å². The van der Waals surface area contributed by atoms with Crippen LogP contribution < -0.4 is 4.74 Å². The molecule has 0 aliphatic heterocycles. The normalized spacial score (nSPS) is 15.2. The summed E-state index contributed by atoms with van der Waals surface area (Å²) in [5, 5.41) is 3.53. The smallest absolute Gasteiger partial charge is 0.305 e. The summed E-state index contributed by atoms with van der Waals surface area (Å²) in [5.74, 6) is 2.97. The van der Waals surface area contributed by atoms with Gasteiger partial charge in [-0.05, 0) is 91.7 Å². The maximum atomic E-state index is 11.3. The number of allylic oxidation sites excluding steroid dienone is 4. The third-order valence-corrected chi connectivity index (χ3v) is 9.00. The summed E-state index contributed by atoms with van der Waals surface area (Å²) in [7, 11) is 1.42. The van der Waals surface area contributed by atoms with E-state index in [4.69, 9.17) is 14.5 Å². The third kappa shape index (κ3) is 9.97. The molecular formula is C34H41NO3S2. The molecule has 4 rings (SSSR count). The van der Waals surface area contributed by atoms with Gasteiger partial charge in [0.05, 0.1) is 17.8 Å². The van der Waals surface area contributed by atoms with Crippen molar-refractivity contribution in [1.29, 1.82) is 0 Å². The molecule has 212 valence electrons. The second-order valence-electron chi connectivity index (χ2n) is 10.4. The van der Waals surface area contributed by atoms with Gasteiger partial charge in [0, 0.05) is 17.7 Å². The average molecular weight is 576 g/mol. The lowest BCUT2D eigenvalue weighted by Gasteiger charge is -2.17. The Balaban J connectivity index is 1.26. The molecule has 1 aromatic heterocycles. The van der Waals surface area contributed by atoms with E-state index >= 15 is 0 Å². The van der Waals surface area contributed by atoms with Crippen LogP contribution in [0, 0.1) is 5.92 Å². The number of rotatable bonds is 16. The summed E-state index contributed by atoms with van der Waals surface area (Å²) in [6, 6.07) is 16.9. The number of nitrogens with zero attached hydrogens (tertiary/aromatic N) is 1. The molecule has 0 fully saturated rings. The predicted octanol–water partition coefficient (Wildman–Crippen LogP) is 8.36. The zero-order valence-electron chi connectivity index (χ0n) is 23.7. The maximum absolute atomic E-state index is 11.3. The molecule has 4 nitrogen and oxygen atoms in total. The van der Waals surface area contributed by atoms with E-state index in [9.17, 15) is 4.79 Å². The Morgan fingerprint density at radius 2 is 1.80 bits per heavy atom. The number of carbonyl (C=O) groups excluding carboxylic acids is 1. The summed E-state index contributed by atoms with van der Waals surface area (Å²) in [4.78, 5) is 16.3. The van der Waals surface area contributed by atoms with Gasteiger partial charge < -0.3 is 9.47 Å². The third-order valence-electron chi connectivity index (χ3n) is 7.38. The second-order valence-corrected chi connectivity index (χ2v) is 12.3. The van der Waals surface area contributed by atoms with E-state index < -0.39 is 0 Å². The van der Waals surface area contributed by atoms with Gasteiger partial charge in [0.15, 0.2) is 0 Å². The van der Waals surface area contributed by atoms with E-state index in [-0.39, 0.29) is 5.97 Å². The molecule has 0 amide bonds. The van der Waals surface area contributed by atoms with Crippen molar-refractivity contribution in [3.63, 3.8) is 0 Å². The molecule has 2 aromatic carbocycles. The first-order valence-electron chi connectivity index (χ1n) is 14.3. The van der Waals surface area contributed by atoms with Crippen LogP contribution in [0.5, 0.6) is 5.75 Å². The number of aromatic nitrogens is 1. The summed E-state index contributed by atoms with van der Waals surface area (Å²) in [6.07, 6.45) is 19.0. The largest absolute Gasteiger partial charge is 0.489 e. The van der Waals surface area contributed by atoms with Crippen molar-refractivity contribution < 1.29 is 14.3 Å². The molecule has 1 aliphatic carbocycles. The van der Waals surface area contributed by atoms with Crippen LogP contribution in [0.3, 0.4) is 0 Å². The van der Waals surface area contributed by atoms with Crippen molar-refractivity contribution in [3.8, 4) is 5.75 Å². The minimum atomic E-state index is -0.186. The number of ether oxygens (including phenoxy) is 2. The van der Waals surface area contributed by atoms with Crippen LogP contribution in [0.1, 0.15) is 65.4 Å². The van der Waals surface area contributed by atoms with Crippen molar-refractivity contribution in [3.05, 3.63) is 106 Å². The molecule has 40 heavy (non-hydrogen) atoms. The minimum Gasteiger partial charge on any atom is -0.489 e. The molecule has 0 saturated carbocycles. The van der Waals surface area contributed by atoms with Crippen LogP contribution >= 0.6 is 23.1 Å². The highest BCUT2D eigenvalue weighted by Gasteiger charge is 2.15. The van der Waals surface area contributed by atoms with Crippen LogP contribution in [0.15, 0.2) is 78.2 Å². The van der Waals surface area contributed by atoms with Gasteiger partial charge in [0.2, 0.25) is 0 Å². The van der Waals surface area contributed by atoms with E-state index in [1.807, 2.05) is 47.4 Å². The SMILES string of the molecule is COC(=O)CCc1ccc(OCc2ccc(CC(CCCSC)CCc3nc(C4C=CC=CC4)cs3)cc2)cc1. The number of thiazole rings is 1. The standard InChI is InChI=1S/C34H41NO3S2/c1-37-34(36)21-17-26-14-18-31(19-15-26)38-24-29-12-10-28(11-13-29)23-27(7-6-22-39-2)16-20-33-35-32(25-40-33)30-8-4-3-5-9-30/h3-5,8,10-15,18-19,25,27,30H,6-7,9,16-17,20-24H2,1-2H3. The lowest BCUT2D eigenvalue weighted by molar-refractivity contribution is -0.140. The molecule has 0 saturated heterocycles. The molecular weight excluding hydrogens is 535 g/mol. The van der Waals surface area contributed by atoms with E-state index in [1.54, 1.807) is 0 Å². The Kier molecular flexibility index (Phi) is 12.4. The predicted molar refractivity (Wildman–Crippen MR) is 168 cm³/mol. The van der Waals surface area contributed by atoms with E-state index in [0.717, 1.165) is 30.6 Å². The summed E-state index contributed by atoms with van der Waals surface area (Å²) in [6.45, 7) is 0.539. The Labute approximate surface area is 247 Å². The van der Waals surface area contributed by atoms with E-state index in [2.05, 4.69) is 60.2 Å². The van der Waals surface area contributed by atoms with Crippen molar-refractivity contribution >= 4 is 29.1 Å². The van der Waals surface area contributed by atoms with Gasteiger partial charge >= 0.3 is 5.97 Å². The number of benzene rings is 2. The van der Waals surface area contributed by atoms with Gasteiger partial charge in [0.25, 0.3) is 0 Å². The topological polar surface area (TPSA) is 48.4 Å². The molecule has 0 N–H and O–H groups in total. The lowest BCUT2D eigenvalue weighted by Crippen LogP contribution is -2.08. The molecule has 1 aliphatic rings. The molecule has 2 unspecified atom stereocenters. The Morgan fingerprint density at radius 3 is 2.52 bits per heavy atom. The van der Waals surface area contributed by atoms with Crippen LogP contribution in [0.2, 0.25) is 0 Å². The number of carbonyl (C=O) groups is 1. The fourth-order valence-corrected chi connectivity index (χ4v) is 6.31. The second kappa shape index (κ2) is 16.4. The first kappa shape index (κ1) is 30.1. The quantitative estimate of drug-likeness (QED) is 0.127. The lowest BCUT2D eigenvalue weighted by atomic mass is 9.90. The molecule has 2 atom stereocenters. The van der Waals surface area contributed by atoms with Crippen LogP contribution in [-0.4, -0.2) is 30.1 Å². The van der Waals surface area contributed by atoms with Crippen molar-refractivity contribution in [2.24, 2.45) is 5.92 Å². The Morgan fingerprint density at radius 1 is 1.02 bits per heavy atom. The molecule has 0 radical (unpaired) electrons. The first-order valence-corrected chi connectivity index (χ1v) is 16.5. The first-order chi connectivity index (χ1) is 19.6. The maximum Gasteiger partial charge on any atom is 0.305 e. The number of hydrogen-bond donors (Lipinski definition) is 0. The van der Waals surface area contributed by atoms with Gasteiger partial charge in [-0.25, -0.2) is 4.98 Å². The molecule has 0 bridgehead atoms. The van der Waals surface area contributed by atoms with Crippen LogP contribution in [0.25, 0.3) is 0 Å². The van der Waals surface area contributed by atoms with Gasteiger partial charge in [-0.15, -0.1) is 11.3 Å². The monoisotopic (exact) mass is 575 g/mol. The molecule has 0 spiro atoms. The Hall–Kier alpha value is -2.83. The van der Waals surface area contributed by atoms with Crippen LogP contribution in [0.4, 0.5) is 0 Å². The van der Waals surface area contributed by atoms with Gasteiger partial charge in [-0.2, -0.15) is 11.8 Å². The highest BCUT2D eigenvalue weighted by atomic mass is 32.2. The van der Waals surface area contributed by atoms with Crippen molar-refractivity contribution in [1.82, 2.24) is 4.98 Å². The van der Waals surface area contributed by atoms with E-state index in [0.29, 0.717) is 31.3 Å². The van der Waals surface area contributed by atoms with Gasteiger partial charge in [-0.3, -0.25) is 4.79 Å². The zero-order chi connectivity index (χ0) is 28.0. The fraction of sp³-hybridized carbons (Fsp3) is 0.412. The number of esters is 1. The van der Waals surface area contributed by atoms with Crippen LogP contribution in [-0.2, 0) is 35.4 Å². The highest BCUT2D eigenvalue weighted by Crippen LogP contribution is 2.28. The van der Waals surface area contributed by atoms with Gasteiger partial charge in [0.1, 0.15) is 12.4 Å². The van der Waals surface area contributed by atoms with Gasteiger partial charge in [-0.1, -0.05) is 60.7 Å². The molecule has 6 heteroatoms. The van der Waals surface area contributed by atoms with Crippen molar-refractivity contribution in [2.45, 2.75) is 63.9 Å². The average Bonchev–Trinajstić information content (AvgIpc) is 3.48. The Bertz CT molecular complexity index is 1230. The molecule has 3 aromatic rings. The number of methoxy groups -OCH3 is 1. The minimum absolute atomic E-state index is 0.186. The zero-order valence-corrected chi connectivity index (χ0v) is 25.4. The number of hydrogen-bond acceptors (Lipinski definition) is 6. The number of aryl methyl sites for hydroxylation is 2. The highest BCUT2D eigenvalue weighted by molar-refractivity contribution is 7.98. The fourth-order valence-electron chi connectivity index (χ4n) is 4.97. The summed E-state index contributed by atoms with van der Waals surface area (Å²) < 4.78 is 10.7. The number of thioether (sulfide) groups is 1. The molecule has 1 heterocycles. The summed E-state index contributed by atoms with van der Waals surface area (Å²) >= 11 is 3.76. The summed E-state index contributed by atoms with van der Waals surface area (Å²) in [5.41, 5.74) is 4.89. The van der Waals surface area contributed by atoms with Crippen molar-refractivity contribution in [2.75, 3.05) is 19.1 Å².